The molecule has 3 rings (SSSR count). The molecule has 2 atom stereocenters. The van der Waals surface area contributed by atoms with Crippen LogP contribution >= 0.6 is 11.8 Å². The lowest BCUT2D eigenvalue weighted by molar-refractivity contribution is -0.138. The first-order chi connectivity index (χ1) is 8.74. The zero-order valence-corrected chi connectivity index (χ0v) is 10.5. The van der Waals surface area contributed by atoms with E-state index in [4.69, 9.17) is 5.11 Å². The van der Waals surface area contributed by atoms with E-state index >= 15 is 0 Å². The van der Waals surface area contributed by atoms with Crippen LogP contribution in [0.5, 0.6) is 0 Å². The molecule has 0 aromatic heterocycles. The number of carboxylic acids is 1. The first-order valence-electron chi connectivity index (χ1n) is 5.83. The van der Waals surface area contributed by atoms with Gasteiger partial charge in [0.05, 0.1) is 5.37 Å². The Morgan fingerprint density at radius 2 is 2.00 bits per heavy atom. The van der Waals surface area contributed by atoms with Gasteiger partial charge in [0, 0.05) is 5.75 Å². The highest BCUT2D eigenvalue weighted by atomic mass is 32.2. The van der Waals surface area contributed by atoms with E-state index in [-0.39, 0.29) is 5.37 Å². The van der Waals surface area contributed by atoms with Crippen LogP contribution in [0, 0.1) is 0 Å². The Balaban J connectivity index is 1.89. The topological polar surface area (TPSA) is 49.3 Å². The van der Waals surface area contributed by atoms with Crippen molar-refractivity contribution in [3.63, 3.8) is 0 Å². The van der Waals surface area contributed by atoms with Crippen molar-refractivity contribution in [2.45, 2.75) is 11.4 Å². The summed E-state index contributed by atoms with van der Waals surface area (Å²) in [6.07, 6.45) is 0. The highest BCUT2D eigenvalue weighted by Crippen LogP contribution is 2.34. The number of hydrogen-bond acceptors (Lipinski definition) is 3. The van der Waals surface area contributed by atoms with Gasteiger partial charge in [-0.15, -0.1) is 11.8 Å². The molecule has 1 aliphatic heterocycles. The molecule has 1 aliphatic rings. The van der Waals surface area contributed by atoms with Crippen molar-refractivity contribution in [2.75, 3.05) is 5.75 Å². The van der Waals surface area contributed by atoms with E-state index < -0.39 is 12.0 Å². The molecule has 2 aromatic carbocycles. The zero-order valence-electron chi connectivity index (χ0n) is 9.67. The number of rotatable bonds is 2. The Kier molecular flexibility index (Phi) is 2.97. The Bertz CT molecular complexity index is 599. The molecule has 4 heteroatoms. The van der Waals surface area contributed by atoms with E-state index in [1.807, 2.05) is 12.1 Å². The van der Waals surface area contributed by atoms with Crippen LogP contribution in [0.2, 0.25) is 0 Å². The SMILES string of the molecule is O=C(O)C1CSC(c2ccc3ccccc3c2)N1. The van der Waals surface area contributed by atoms with Crippen LogP contribution in [0.1, 0.15) is 10.9 Å². The van der Waals surface area contributed by atoms with Crippen LogP contribution < -0.4 is 5.32 Å². The Labute approximate surface area is 109 Å². The standard InChI is InChI=1S/C14H13NO2S/c16-14(17)12-8-18-13(15-12)11-6-5-9-3-1-2-4-10(9)7-11/h1-7,12-13,15H,8H2,(H,16,17). The lowest BCUT2D eigenvalue weighted by Gasteiger charge is -2.12. The van der Waals surface area contributed by atoms with Crippen LogP contribution in [0.25, 0.3) is 10.8 Å². The van der Waals surface area contributed by atoms with Crippen LogP contribution in [0.3, 0.4) is 0 Å². The van der Waals surface area contributed by atoms with E-state index in [0.717, 1.165) is 5.56 Å². The van der Waals surface area contributed by atoms with E-state index in [2.05, 4.69) is 35.6 Å². The first-order valence-corrected chi connectivity index (χ1v) is 6.88. The summed E-state index contributed by atoms with van der Waals surface area (Å²) in [5.74, 6) is -0.155. The average molecular weight is 259 g/mol. The average Bonchev–Trinajstić information content (AvgIpc) is 2.88. The number of benzene rings is 2. The van der Waals surface area contributed by atoms with Crippen LogP contribution in [0.15, 0.2) is 42.5 Å². The molecule has 1 saturated heterocycles. The molecular formula is C14H13NO2S. The van der Waals surface area contributed by atoms with Crippen molar-refractivity contribution in [3.05, 3.63) is 48.0 Å². The summed E-state index contributed by atoms with van der Waals surface area (Å²) in [4.78, 5) is 10.9. The third-order valence-corrected chi connectivity index (χ3v) is 4.42. The molecule has 1 heterocycles. The maximum absolute atomic E-state index is 10.9. The van der Waals surface area contributed by atoms with Crippen LogP contribution in [-0.2, 0) is 4.79 Å². The van der Waals surface area contributed by atoms with Gasteiger partial charge >= 0.3 is 5.97 Å². The molecule has 0 radical (unpaired) electrons. The molecule has 0 spiro atoms. The molecule has 0 aliphatic carbocycles. The number of aliphatic carboxylic acids is 1. The summed E-state index contributed by atoms with van der Waals surface area (Å²) in [5.41, 5.74) is 1.14. The van der Waals surface area contributed by atoms with Gasteiger partial charge in [0.25, 0.3) is 0 Å². The van der Waals surface area contributed by atoms with Gasteiger partial charge in [-0.3, -0.25) is 10.1 Å². The molecule has 1 fully saturated rings. The predicted octanol–water partition coefficient (Wildman–Crippen LogP) is 2.63. The second kappa shape index (κ2) is 4.63. The Hall–Kier alpha value is -1.52. The van der Waals surface area contributed by atoms with Crippen LogP contribution in [0.4, 0.5) is 0 Å². The van der Waals surface area contributed by atoms with Crippen molar-refractivity contribution in [1.29, 1.82) is 0 Å². The molecule has 2 unspecified atom stereocenters. The fourth-order valence-corrected chi connectivity index (χ4v) is 3.40. The summed E-state index contributed by atoms with van der Waals surface area (Å²) in [6.45, 7) is 0. The van der Waals surface area contributed by atoms with Gasteiger partial charge in [-0.05, 0) is 22.4 Å². The molecule has 2 aromatic rings. The first kappa shape index (κ1) is 11.6. The van der Waals surface area contributed by atoms with Gasteiger partial charge in [-0.2, -0.15) is 0 Å². The molecular weight excluding hydrogens is 246 g/mol. The minimum absolute atomic E-state index is 0.0794. The molecule has 18 heavy (non-hydrogen) atoms. The van der Waals surface area contributed by atoms with Gasteiger partial charge < -0.3 is 5.11 Å². The number of fused-ring (bicyclic) bond motifs is 1. The summed E-state index contributed by atoms with van der Waals surface area (Å²) in [5, 5.41) is 14.6. The van der Waals surface area contributed by atoms with Crippen molar-refractivity contribution in [3.8, 4) is 0 Å². The minimum atomic E-state index is -0.772. The normalized spacial score (nSPS) is 23.3. The van der Waals surface area contributed by atoms with Crippen molar-refractivity contribution >= 4 is 28.5 Å². The van der Waals surface area contributed by atoms with Gasteiger partial charge in [0.2, 0.25) is 0 Å². The fourth-order valence-electron chi connectivity index (χ4n) is 2.18. The van der Waals surface area contributed by atoms with Crippen LogP contribution in [-0.4, -0.2) is 22.9 Å². The number of carbonyl (C=O) groups is 1. The molecule has 92 valence electrons. The van der Waals surface area contributed by atoms with E-state index in [0.29, 0.717) is 5.75 Å². The third-order valence-electron chi connectivity index (χ3n) is 3.16. The smallest absolute Gasteiger partial charge is 0.321 e. The summed E-state index contributed by atoms with van der Waals surface area (Å²) in [6, 6.07) is 14.0. The quantitative estimate of drug-likeness (QED) is 0.870. The Morgan fingerprint density at radius 3 is 2.72 bits per heavy atom. The van der Waals surface area contributed by atoms with Crippen molar-refractivity contribution in [1.82, 2.24) is 5.32 Å². The number of nitrogens with one attached hydrogen (secondary N) is 1. The monoisotopic (exact) mass is 259 g/mol. The lowest BCUT2D eigenvalue weighted by atomic mass is 10.1. The van der Waals surface area contributed by atoms with Crippen molar-refractivity contribution in [2.24, 2.45) is 0 Å². The summed E-state index contributed by atoms with van der Waals surface area (Å²) >= 11 is 1.65. The molecule has 3 nitrogen and oxygen atoms in total. The fraction of sp³-hybridized carbons (Fsp3) is 0.214. The highest BCUT2D eigenvalue weighted by Gasteiger charge is 2.30. The molecule has 0 bridgehead atoms. The summed E-state index contributed by atoms with van der Waals surface area (Å²) in [7, 11) is 0. The second-order valence-electron chi connectivity index (χ2n) is 4.38. The van der Waals surface area contributed by atoms with E-state index in [9.17, 15) is 4.79 Å². The summed E-state index contributed by atoms with van der Waals surface area (Å²) < 4.78 is 0. The number of carboxylic acid groups (broad SMARTS) is 1. The number of hydrogen-bond donors (Lipinski definition) is 2. The maximum Gasteiger partial charge on any atom is 0.321 e. The van der Waals surface area contributed by atoms with Gasteiger partial charge in [-0.25, -0.2) is 0 Å². The van der Waals surface area contributed by atoms with E-state index in [1.54, 1.807) is 11.8 Å². The van der Waals surface area contributed by atoms with Crippen molar-refractivity contribution < 1.29 is 9.90 Å². The predicted molar refractivity (Wildman–Crippen MR) is 73.7 cm³/mol. The zero-order chi connectivity index (χ0) is 12.5. The third kappa shape index (κ3) is 2.09. The number of thioether (sulfide) groups is 1. The maximum atomic E-state index is 10.9. The highest BCUT2D eigenvalue weighted by molar-refractivity contribution is 7.99. The lowest BCUT2D eigenvalue weighted by Crippen LogP contribution is -2.33. The minimum Gasteiger partial charge on any atom is -0.480 e. The second-order valence-corrected chi connectivity index (χ2v) is 5.52. The largest absolute Gasteiger partial charge is 0.480 e. The van der Waals surface area contributed by atoms with E-state index in [1.165, 1.54) is 10.8 Å². The molecule has 0 saturated carbocycles. The van der Waals surface area contributed by atoms with Gasteiger partial charge in [0.1, 0.15) is 6.04 Å². The van der Waals surface area contributed by atoms with Gasteiger partial charge in [0.15, 0.2) is 0 Å². The molecule has 2 N–H and O–H groups in total. The Morgan fingerprint density at radius 1 is 1.22 bits per heavy atom. The molecule has 0 amide bonds. The van der Waals surface area contributed by atoms with Gasteiger partial charge in [-0.1, -0.05) is 36.4 Å².